The zero-order chi connectivity index (χ0) is 20.1. The molecular weight excluding hydrogens is 385 g/mol. The molecule has 144 valence electrons. The SMILES string of the molecule is C=CC(=O)Nc1cc(CNc2nc(Nc3cnn(C)c3)ncc2Cl)ccc1F. The molecule has 28 heavy (non-hydrogen) atoms. The maximum atomic E-state index is 13.8. The van der Waals surface area contributed by atoms with Crippen LogP contribution in [-0.2, 0) is 18.4 Å². The Balaban J connectivity index is 1.71. The zero-order valence-corrected chi connectivity index (χ0v) is 15.7. The first kappa shape index (κ1) is 19.3. The summed E-state index contributed by atoms with van der Waals surface area (Å²) in [5.74, 6) is -0.280. The number of hydrogen-bond donors (Lipinski definition) is 3. The van der Waals surface area contributed by atoms with Crippen molar-refractivity contribution in [3.05, 3.63) is 65.8 Å². The van der Waals surface area contributed by atoms with E-state index < -0.39 is 11.7 Å². The fourth-order valence-electron chi connectivity index (χ4n) is 2.31. The lowest BCUT2D eigenvalue weighted by molar-refractivity contribution is -0.111. The average Bonchev–Trinajstić information content (AvgIpc) is 3.09. The lowest BCUT2D eigenvalue weighted by atomic mass is 10.2. The van der Waals surface area contributed by atoms with Crippen LogP contribution in [0.2, 0.25) is 5.02 Å². The van der Waals surface area contributed by atoms with E-state index in [1.165, 1.54) is 18.3 Å². The lowest BCUT2D eigenvalue weighted by Crippen LogP contribution is -2.10. The first-order chi connectivity index (χ1) is 13.4. The van der Waals surface area contributed by atoms with E-state index in [9.17, 15) is 9.18 Å². The molecule has 1 amide bonds. The highest BCUT2D eigenvalue weighted by Crippen LogP contribution is 2.23. The third-order valence-electron chi connectivity index (χ3n) is 3.64. The predicted molar refractivity (Wildman–Crippen MR) is 106 cm³/mol. The molecule has 10 heteroatoms. The molecule has 8 nitrogen and oxygen atoms in total. The van der Waals surface area contributed by atoms with Gasteiger partial charge in [-0.25, -0.2) is 9.37 Å². The Labute approximate surface area is 165 Å². The highest BCUT2D eigenvalue weighted by atomic mass is 35.5. The van der Waals surface area contributed by atoms with Crippen molar-refractivity contribution in [1.29, 1.82) is 0 Å². The molecule has 3 aromatic rings. The van der Waals surface area contributed by atoms with Gasteiger partial charge in [0.1, 0.15) is 10.8 Å². The van der Waals surface area contributed by atoms with Gasteiger partial charge < -0.3 is 16.0 Å². The molecule has 0 spiro atoms. The molecular formula is C18H17ClFN7O. The summed E-state index contributed by atoms with van der Waals surface area (Å²) < 4.78 is 15.5. The summed E-state index contributed by atoms with van der Waals surface area (Å²) in [4.78, 5) is 19.9. The van der Waals surface area contributed by atoms with Crippen LogP contribution >= 0.6 is 11.6 Å². The monoisotopic (exact) mass is 401 g/mol. The minimum absolute atomic E-state index is 0.0666. The van der Waals surface area contributed by atoms with Crippen LogP contribution in [0.4, 0.5) is 27.5 Å². The number of hydrogen-bond acceptors (Lipinski definition) is 6. The quantitative estimate of drug-likeness (QED) is 0.524. The predicted octanol–water partition coefficient (Wildman–Crippen LogP) is 3.48. The summed E-state index contributed by atoms with van der Waals surface area (Å²) in [5.41, 5.74) is 1.52. The Bertz CT molecular complexity index is 1020. The number of halogens is 2. The van der Waals surface area contributed by atoms with E-state index >= 15 is 0 Å². The number of aromatic nitrogens is 4. The number of benzene rings is 1. The summed E-state index contributed by atoms with van der Waals surface area (Å²) in [5, 5.41) is 12.9. The molecule has 1 aromatic carbocycles. The van der Waals surface area contributed by atoms with Crippen molar-refractivity contribution in [1.82, 2.24) is 19.7 Å². The van der Waals surface area contributed by atoms with Crippen molar-refractivity contribution in [3.8, 4) is 0 Å². The molecule has 3 N–H and O–H groups in total. The van der Waals surface area contributed by atoms with Crippen LogP contribution in [0.15, 0.2) is 49.4 Å². The highest BCUT2D eigenvalue weighted by Gasteiger charge is 2.09. The second kappa shape index (κ2) is 8.49. The third-order valence-corrected chi connectivity index (χ3v) is 3.92. The molecule has 3 rings (SSSR count). The van der Waals surface area contributed by atoms with E-state index in [1.807, 2.05) is 0 Å². The van der Waals surface area contributed by atoms with E-state index in [2.05, 4.69) is 37.6 Å². The van der Waals surface area contributed by atoms with Crippen molar-refractivity contribution < 1.29 is 9.18 Å². The fraction of sp³-hybridized carbons (Fsp3) is 0.111. The van der Waals surface area contributed by atoms with Gasteiger partial charge in [0, 0.05) is 19.8 Å². The maximum absolute atomic E-state index is 13.8. The van der Waals surface area contributed by atoms with Crippen molar-refractivity contribution >= 4 is 40.6 Å². The van der Waals surface area contributed by atoms with Gasteiger partial charge in [-0.05, 0) is 23.8 Å². The number of aryl methyl sites for hydroxylation is 1. The number of nitrogens with zero attached hydrogens (tertiary/aromatic N) is 4. The Morgan fingerprint density at radius 3 is 2.93 bits per heavy atom. The van der Waals surface area contributed by atoms with Crippen molar-refractivity contribution in [2.45, 2.75) is 6.54 Å². The topological polar surface area (TPSA) is 96.8 Å². The van der Waals surface area contributed by atoms with Crippen LogP contribution < -0.4 is 16.0 Å². The van der Waals surface area contributed by atoms with Crippen molar-refractivity contribution in [2.75, 3.05) is 16.0 Å². The van der Waals surface area contributed by atoms with Crippen molar-refractivity contribution in [3.63, 3.8) is 0 Å². The van der Waals surface area contributed by atoms with Gasteiger partial charge in [0.15, 0.2) is 5.82 Å². The number of carbonyl (C=O) groups excluding carboxylic acids is 1. The van der Waals surface area contributed by atoms with Crippen LogP contribution in [0.3, 0.4) is 0 Å². The summed E-state index contributed by atoms with van der Waals surface area (Å²) >= 11 is 6.15. The molecule has 0 aliphatic heterocycles. The number of nitrogens with one attached hydrogen (secondary N) is 3. The van der Waals surface area contributed by atoms with E-state index in [0.29, 0.717) is 23.3 Å². The summed E-state index contributed by atoms with van der Waals surface area (Å²) in [6, 6.07) is 4.39. The molecule has 0 atom stereocenters. The average molecular weight is 402 g/mol. The molecule has 0 saturated heterocycles. The summed E-state index contributed by atoms with van der Waals surface area (Å²) in [7, 11) is 1.80. The van der Waals surface area contributed by atoms with Crippen LogP contribution in [-0.4, -0.2) is 25.7 Å². The van der Waals surface area contributed by atoms with Gasteiger partial charge in [0.25, 0.3) is 0 Å². The summed E-state index contributed by atoms with van der Waals surface area (Å²) in [6.45, 7) is 3.65. The van der Waals surface area contributed by atoms with E-state index in [0.717, 1.165) is 17.3 Å². The fourth-order valence-corrected chi connectivity index (χ4v) is 2.47. The largest absolute Gasteiger partial charge is 0.365 e. The number of carbonyl (C=O) groups is 1. The van der Waals surface area contributed by atoms with E-state index in [1.54, 1.807) is 30.2 Å². The number of rotatable bonds is 7. The smallest absolute Gasteiger partial charge is 0.247 e. The van der Waals surface area contributed by atoms with Gasteiger partial charge in [-0.2, -0.15) is 10.1 Å². The molecule has 2 heterocycles. The maximum Gasteiger partial charge on any atom is 0.247 e. The van der Waals surface area contributed by atoms with Gasteiger partial charge in [-0.1, -0.05) is 24.2 Å². The molecule has 0 unspecified atom stereocenters. The number of amides is 1. The van der Waals surface area contributed by atoms with Crippen LogP contribution in [0, 0.1) is 5.82 Å². The first-order valence-electron chi connectivity index (χ1n) is 8.18. The lowest BCUT2D eigenvalue weighted by Gasteiger charge is -2.11. The molecule has 0 radical (unpaired) electrons. The van der Waals surface area contributed by atoms with Gasteiger partial charge in [-0.15, -0.1) is 0 Å². The highest BCUT2D eigenvalue weighted by molar-refractivity contribution is 6.32. The standard InChI is InChI=1S/C18H17ClFN7O/c1-3-16(28)25-15-6-11(4-5-14(15)20)7-21-17-13(19)9-22-18(26-17)24-12-8-23-27(2)10-12/h3-6,8-10H,1,7H2,2H3,(H,25,28)(H2,21,22,24,26). The minimum atomic E-state index is -0.540. The first-order valence-corrected chi connectivity index (χ1v) is 8.56. The zero-order valence-electron chi connectivity index (χ0n) is 14.9. The number of anilines is 4. The third kappa shape index (κ3) is 4.83. The van der Waals surface area contributed by atoms with Crippen LogP contribution in [0.25, 0.3) is 0 Å². The normalized spacial score (nSPS) is 10.4. The van der Waals surface area contributed by atoms with Crippen LogP contribution in [0.5, 0.6) is 0 Å². The van der Waals surface area contributed by atoms with Crippen molar-refractivity contribution in [2.24, 2.45) is 7.05 Å². The van der Waals surface area contributed by atoms with E-state index in [-0.39, 0.29) is 5.69 Å². The van der Waals surface area contributed by atoms with Crippen LogP contribution in [0.1, 0.15) is 5.56 Å². The van der Waals surface area contributed by atoms with Gasteiger partial charge in [-0.3, -0.25) is 9.48 Å². The Morgan fingerprint density at radius 2 is 2.21 bits per heavy atom. The second-order valence-corrected chi connectivity index (χ2v) is 6.19. The minimum Gasteiger partial charge on any atom is -0.365 e. The molecule has 0 aliphatic rings. The van der Waals surface area contributed by atoms with E-state index in [4.69, 9.17) is 11.6 Å². The summed E-state index contributed by atoms with van der Waals surface area (Å²) in [6.07, 6.45) is 5.96. The Hall–Kier alpha value is -3.46. The van der Waals surface area contributed by atoms with Gasteiger partial charge >= 0.3 is 0 Å². The molecule has 0 aliphatic carbocycles. The van der Waals surface area contributed by atoms with Gasteiger partial charge in [0.2, 0.25) is 11.9 Å². The second-order valence-electron chi connectivity index (χ2n) is 5.78. The Morgan fingerprint density at radius 1 is 1.39 bits per heavy atom. The molecule has 2 aromatic heterocycles. The molecule has 0 bridgehead atoms. The molecule has 0 saturated carbocycles. The van der Waals surface area contributed by atoms with Gasteiger partial charge in [0.05, 0.1) is 23.8 Å². The Kier molecular flexibility index (Phi) is 5.85. The molecule has 0 fully saturated rings.